The van der Waals surface area contributed by atoms with Crippen LogP contribution in [-0.4, -0.2) is 96.7 Å². The van der Waals surface area contributed by atoms with Crippen molar-refractivity contribution in [1.29, 1.82) is 0 Å². The molecule has 0 aromatic heterocycles. The fourth-order valence-corrected chi connectivity index (χ4v) is 12.6. The van der Waals surface area contributed by atoms with Crippen LogP contribution in [0.2, 0.25) is 0 Å². The molecular formula is C72H140O17P2. The number of ether oxygens (including phenoxy) is 4. The van der Waals surface area contributed by atoms with E-state index in [0.717, 1.165) is 89.9 Å². The largest absolute Gasteiger partial charge is 0.472 e. The van der Waals surface area contributed by atoms with E-state index < -0.39 is 97.5 Å². The van der Waals surface area contributed by atoms with E-state index in [-0.39, 0.29) is 25.7 Å². The monoisotopic (exact) mass is 1340 g/mol. The second-order valence-electron chi connectivity index (χ2n) is 26.5. The lowest BCUT2D eigenvalue weighted by Crippen LogP contribution is -2.30. The first-order valence-corrected chi connectivity index (χ1v) is 40.6. The van der Waals surface area contributed by atoms with Crippen LogP contribution < -0.4 is 0 Å². The molecule has 5 atom stereocenters. The summed E-state index contributed by atoms with van der Waals surface area (Å²) in [7, 11) is -9.90. The van der Waals surface area contributed by atoms with Crippen molar-refractivity contribution in [1.82, 2.24) is 0 Å². The standard InChI is InChI=1S/C72H140O17P2/c1-6-9-12-15-18-21-23-24-25-26-27-28-29-30-31-32-33-35-38-41-47-52-57-71(76)88-67(61-83-70(75)56-51-46-40-37-34-22-19-16-13-10-7-2)63-86-90(78,79)84-59-66(73)60-85-91(80,81)87-64-68(89-72(77)58-53-48-43-42-44-49-54-65(4)5)62-82-69(74)55-50-45-39-36-20-17-14-11-8-3/h65-68,73H,6-64H2,1-5H3,(H,78,79)(H,80,81)/t66-,67-,68-/m1/s1. The predicted molar refractivity (Wildman–Crippen MR) is 368 cm³/mol. The van der Waals surface area contributed by atoms with Gasteiger partial charge >= 0.3 is 39.5 Å². The van der Waals surface area contributed by atoms with Gasteiger partial charge in [-0.2, -0.15) is 0 Å². The molecule has 0 heterocycles. The number of phosphoric ester groups is 2. The van der Waals surface area contributed by atoms with Gasteiger partial charge in [0, 0.05) is 25.7 Å². The van der Waals surface area contributed by atoms with E-state index in [9.17, 15) is 43.2 Å². The number of carbonyl (C=O) groups is 4. The van der Waals surface area contributed by atoms with Gasteiger partial charge < -0.3 is 33.8 Å². The number of aliphatic hydroxyl groups is 1. The maximum atomic E-state index is 13.0. The predicted octanol–water partition coefficient (Wildman–Crippen LogP) is 20.9. The van der Waals surface area contributed by atoms with Gasteiger partial charge in [0.05, 0.1) is 26.4 Å². The van der Waals surface area contributed by atoms with Crippen molar-refractivity contribution in [2.75, 3.05) is 39.6 Å². The molecule has 540 valence electrons. The molecule has 0 aliphatic rings. The smallest absolute Gasteiger partial charge is 0.462 e. The molecule has 2 unspecified atom stereocenters. The van der Waals surface area contributed by atoms with Crippen molar-refractivity contribution >= 4 is 39.5 Å². The molecule has 91 heavy (non-hydrogen) atoms. The molecule has 0 aliphatic carbocycles. The molecule has 0 saturated heterocycles. The highest BCUT2D eigenvalue weighted by Gasteiger charge is 2.30. The number of unbranched alkanes of at least 4 members (excludes halogenated alkanes) is 44. The Labute approximate surface area is 556 Å². The molecule has 0 aliphatic heterocycles. The van der Waals surface area contributed by atoms with E-state index in [4.69, 9.17) is 37.0 Å². The van der Waals surface area contributed by atoms with Crippen molar-refractivity contribution < 1.29 is 80.2 Å². The molecule has 0 fully saturated rings. The minimum absolute atomic E-state index is 0.102. The summed E-state index contributed by atoms with van der Waals surface area (Å²) in [5, 5.41) is 10.6. The highest BCUT2D eigenvalue weighted by Crippen LogP contribution is 2.45. The zero-order valence-electron chi connectivity index (χ0n) is 59.0. The first-order valence-electron chi connectivity index (χ1n) is 37.6. The van der Waals surface area contributed by atoms with E-state index in [1.54, 1.807) is 0 Å². The van der Waals surface area contributed by atoms with Gasteiger partial charge in [-0.25, -0.2) is 9.13 Å². The van der Waals surface area contributed by atoms with Crippen LogP contribution in [0.3, 0.4) is 0 Å². The molecule has 19 heteroatoms. The number of hydrogen-bond donors (Lipinski definition) is 3. The SMILES string of the molecule is CCCCCCCCCCCCCCCCCCCCCCCCC(=O)O[C@H](COC(=O)CCCCCCCCCCCCC)COP(=O)(O)OC[C@@H](O)COP(=O)(O)OC[C@@H](COC(=O)CCCCCCCCCCC)OC(=O)CCCCCCCCC(C)C. The Morgan fingerprint density at radius 3 is 0.747 bits per heavy atom. The lowest BCUT2D eigenvalue weighted by molar-refractivity contribution is -0.161. The van der Waals surface area contributed by atoms with Crippen LogP contribution in [0.5, 0.6) is 0 Å². The Hall–Kier alpha value is -1.94. The van der Waals surface area contributed by atoms with Crippen LogP contribution >= 0.6 is 15.6 Å². The third-order valence-corrected chi connectivity index (χ3v) is 18.7. The van der Waals surface area contributed by atoms with E-state index in [1.807, 2.05) is 0 Å². The van der Waals surface area contributed by atoms with E-state index in [0.29, 0.717) is 31.6 Å². The molecule has 0 radical (unpaired) electrons. The summed E-state index contributed by atoms with van der Waals surface area (Å²) in [5.74, 6) is -1.46. The average molecular weight is 1340 g/mol. The van der Waals surface area contributed by atoms with Crippen LogP contribution in [0.4, 0.5) is 0 Å². The minimum atomic E-state index is -4.95. The maximum absolute atomic E-state index is 13.0. The second-order valence-corrected chi connectivity index (χ2v) is 29.4. The Bertz CT molecular complexity index is 1750. The van der Waals surface area contributed by atoms with Gasteiger partial charge in [0.15, 0.2) is 12.2 Å². The van der Waals surface area contributed by atoms with Crippen molar-refractivity contribution in [3.63, 3.8) is 0 Å². The van der Waals surface area contributed by atoms with Gasteiger partial charge in [0.1, 0.15) is 19.3 Å². The molecule has 0 aromatic carbocycles. The van der Waals surface area contributed by atoms with Crippen molar-refractivity contribution in [2.24, 2.45) is 5.92 Å². The molecular weight excluding hydrogens is 1200 g/mol. The topological polar surface area (TPSA) is 237 Å². The molecule has 0 saturated carbocycles. The molecule has 3 N–H and O–H groups in total. The number of phosphoric acid groups is 2. The Morgan fingerprint density at radius 2 is 0.505 bits per heavy atom. The van der Waals surface area contributed by atoms with Gasteiger partial charge in [0.25, 0.3) is 0 Å². The highest BCUT2D eigenvalue weighted by molar-refractivity contribution is 7.47. The van der Waals surface area contributed by atoms with Crippen LogP contribution in [0.25, 0.3) is 0 Å². The second kappa shape index (κ2) is 65.4. The molecule has 0 spiro atoms. The lowest BCUT2D eigenvalue weighted by Gasteiger charge is -2.21. The third kappa shape index (κ3) is 66.5. The van der Waals surface area contributed by atoms with Gasteiger partial charge in [-0.05, 0) is 31.6 Å². The quantitative estimate of drug-likeness (QED) is 0.0222. The summed E-state index contributed by atoms with van der Waals surface area (Å²) in [6, 6.07) is 0. The van der Waals surface area contributed by atoms with Gasteiger partial charge in [-0.3, -0.25) is 37.3 Å². The van der Waals surface area contributed by atoms with Crippen LogP contribution in [0.1, 0.15) is 375 Å². The molecule has 17 nitrogen and oxygen atoms in total. The summed E-state index contributed by atoms with van der Waals surface area (Å²) in [6.07, 6.45) is 53.1. The van der Waals surface area contributed by atoms with E-state index >= 15 is 0 Å². The Kier molecular flexibility index (Phi) is 64.0. The number of hydrogen-bond acceptors (Lipinski definition) is 15. The molecule has 0 amide bonds. The van der Waals surface area contributed by atoms with Gasteiger partial charge in [0.2, 0.25) is 0 Å². The van der Waals surface area contributed by atoms with E-state index in [2.05, 4.69) is 34.6 Å². The van der Waals surface area contributed by atoms with Crippen LogP contribution in [0.15, 0.2) is 0 Å². The molecule has 0 bridgehead atoms. The highest BCUT2D eigenvalue weighted by atomic mass is 31.2. The Morgan fingerprint density at radius 1 is 0.297 bits per heavy atom. The Balaban J connectivity index is 5.12. The maximum Gasteiger partial charge on any atom is 0.472 e. The summed E-state index contributed by atoms with van der Waals surface area (Å²) in [6.45, 7) is 7.14. The first kappa shape index (κ1) is 89.1. The summed E-state index contributed by atoms with van der Waals surface area (Å²) < 4.78 is 68.2. The fourth-order valence-electron chi connectivity index (χ4n) is 11.0. The summed E-state index contributed by atoms with van der Waals surface area (Å²) in [4.78, 5) is 72.4. The summed E-state index contributed by atoms with van der Waals surface area (Å²) in [5.41, 5.74) is 0. The number of esters is 4. The fraction of sp³-hybridized carbons (Fsp3) is 0.944. The lowest BCUT2D eigenvalue weighted by atomic mass is 10.0. The van der Waals surface area contributed by atoms with Crippen LogP contribution in [-0.2, 0) is 65.4 Å². The van der Waals surface area contributed by atoms with Crippen molar-refractivity contribution in [3.05, 3.63) is 0 Å². The summed E-state index contributed by atoms with van der Waals surface area (Å²) >= 11 is 0. The molecule has 0 aromatic rings. The third-order valence-electron chi connectivity index (χ3n) is 16.8. The normalized spacial score (nSPS) is 14.0. The average Bonchev–Trinajstić information content (AvgIpc) is 3.71. The first-order chi connectivity index (χ1) is 44.0. The van der Waals surface area contributed by atoms with Gasteiger partial charge in [-0.1, -0.05) is 324 Å². The van der Waals surface area contributed by atoms with Crippen molar-refractivity contribution in [3.8, 4) is 0 Å². The van der Waals surface area contributed by atoms with E-state index in [1.165, 1.54) is 199 Å². The van der Waals surface area contributed by atoms with Crippen LogP contribution in [0, 0.1) is 5.92 Å². The zero-order chi connectivity index (χ0) is 67.0. The molecule has 0 rings (SSSR count). The number of carbonyl (C=O) groups excluding carboxylic acids is 4. The van der Waals surface area contributed by atoms with Crippen molar-refractivity contribution in [2.45, 2.75) is 393 Å². The minimum Gasteiger partial charge on any atom is -0.462 e. The van der Waals surface area contributed by atoms with Gasteiger partial charge in [-0.15, -0.1) is 0 Å². The number of rotatable bonds is 72. The zero-order valence-corrected chi connectivity index (χ0v) is 60.8. The number of aliphatic hydroxyl groups excluding tert-OH is 1.